The van der Waals surface area contributed by atoms with Crippen LogP contribution >= 0.6 is 0 Å². The van der Waals surface area contributed by atoms with E-state index >= 15 is 0 Å². The fourth-order valence-electron chi connectivity index (χ4n) is 3.79. The highest BCUT2D eigenvalue weighted by atomic mass is 32.2. The Labute approximate surface area is 197 Å². The smallest absolute Gasteiger partial charge is 0.331 e. The minimum atomic E-state index is -3.97. The number of aliphatic hydroxyl groups is 1. The van der Waals surface area contributed by atoms with Crippen molar-refractivity contribution in [2.45, 2.75) is 44.6 Å². The summed E-state index contributed by atoms with van der Waals surface area (Å²) in [6.45, 7) is 11.2. The van der Waals surface area contributed by atoms with E-state index in [-0.39, 0.29) is 29.1 Å². The molecule has 1 aliphatic heterocycles. The van der Waals surface area contributed by atoms with Gasteiger partial charge in [-0.3, -0.25) is 4.90 Å². The summed E-state index contributed by atoms with van der Waals surface area (Å²) >= 11 is 0. The minimum absolute atomic E-state index is 0.0131. The van der Waals surface area contributed by atoms with Crippen LogP contribution in [0.2, 0.25) is 0 Å². The molecule has 0 aliphatic carbocycles. The molecule has 0 saturated carbocycles. The highest BCUT2D eigenvalue weighted by molar-refractivity contribution is 7.92. The van der Waals surface area contributed by atoms with Crippen molar-refractivity contribution in [3.05, 3.63) is 58.9 Å². The van der Waals surface area contributed by atoms with Crippen LogP contribution in [0, 0.1) is 11.1 Å². The van der Waals surface area contributed by atoms with E-state index in [1.807, 2.05) is 27.7 Å². The van der Waals surface area contributed by atoms with Gasteiger partial charge < -0.3 is 15.1 Å². The second kappa shape index (κ2) is 10.8. The van der Waals surface area contributed by atoms with Crippen LogP contribution in [0.3, 0.4) is 0 Å². The first-order valence-electron chi connectivity index (χ1n) is 11.4. The summed E-state index contributed by atoms with van der Waals surface area (Å²) in [6.07, 6.45) is 0.715. The van der Waals surface area contributed by atoms with Gasteiger partial charge in [-0.25, -0.2) is 4.73 Å². The van der Waals surface area contributed by atoms with Crippen LogP contribution in [0.1, 0.15) is 50.8 Å². The van der Waals surface area contributed by atoms with Gasteiger partial charge in [0, 0.05) is 25.7 Å². The molecule has 8 nitrogen and oxygen atoms in total. The number of aromatic nitrogens is 1. The Hall–Kier alpha value is -2.20. The van der Waals surface area contributed by atoms with Crippen molar-refractivity contribution in [2.75, 3.05) is 43.7 Å². The Morgan fingerprint density at radius 3 is 2.21 bits per heavy atom. The molecule has 0 amide bonds. The Balaban J connectivity index is 1.85. The molecule has 33 heavy (non-hydrogen) atoms. The summed E-state index contributed by atoms with van der Waals surface area (Å²) in [4.78, 5) is 2.20. The third kappa shape index (κ3) is 6.23. The molecule has 0 spiro atoms. The van der Waals surface area contributed by atoms with Crippen molar-refractivity contribution in [1.82, 2.24) is 4.90 Å². The largest absolute Gasteiger partial charge is 0.711 e. The van der Waals surface area contributed by atoms with Crippen LogP contribution in [0.25, 0.3) is 0 Å². The molecule has 1 N–H and O–H groups in total. The lowest BCUT2D eigenvalue weighted by Gasteiger charge is -2.28. The van der Waals surface area contributed by atoms with Gasteiger partial charge in [-0.15, -0.1) is 4.31 Å². The van der Waals surface area contributed by atoms with Gasteiger partial charge in [0.1, 0.15) is 11.4 Å². The van der Waals surface area contributed by atoms with E-state index in [0.717, 1.165) is 18.7 Å². The molecule has 2 aromatic rings. The first-order valence-corrected chi connectivity index (χ1v) is 12.9. The molecule has 0 radical (unpaired) electrons. The number of pyridine rings is 1. The number of β-amino-alcohol motifs (C(OH)–C–C–N with tert-alkyl or cyclic N) is 1. The number of sulfonamides is 1. The summed E-state index contributed by atoms with van der Waals surface area (Å²) in [5, 5.41) is 23.3. The monoisotopic (exact) mass is 477 g/mol. The van der Waals surface area contributed by atoms with E-state index in [9.17, 15) is 18.7 Å². The average Bonchev–Trinajstić information content (AvgIpc) is 2.78. The Bertz CT molecular complexity index is 1020. The quantitative estimate of drug-likeness (QED) is 0.441. The summed E-state index contributed by atoms with van der Waals surface area (Å²) < 4.78 is 34.2. The topological polar surface area (TPSA) is 97.0 Å². The Morgan fingerprint density at radius 2 is 1.67 bits per heavy atom. The zero-order chi connectivity index (χ0) is 24.2. The van der Waals surface area contributed by atoms with Crippen LogP contribution in [0.5, 0.6) is 0 Å². The van der Waals surface area contributed by atoms with Gasteiger partial charge in [0.15, 0.2) is 0 Å². The van der Waals surface area contributed by atoms with Gasteiger partial charge in [0.25, 0.3) is 5.82 Å². The molecule has 2 heterocycles. The second-order valence-corrected chi connectivity index (χ2v) is 11.1. The van der Waals surface area contributed by atoms with Crippen molar-refractivity contribution in [1.29, 1.82) is 0 Å². The predicted octanol–water partition coefficient (Wildman–Crippen LogP) is 2.66. The SMILES string of the molecule is CC(C)CN(c1ccc(C(C)C)c[n+]1[O-])S(=O)(=O)c1ccc(C(O)CN2CCOCC2)cc1. The van der Waals surface area contributed by atoms with E-state index in [2.05, 4.69) is 4.90 Å². The number of nitrogens with zero attached hydrogens (tertiary/aromatic N) is 3. The molecular weight excluding hydrogens is 442 g/mol. The number of aliphatic hydroxyl groups excluding tert-OH is 1. The maximum absolute atomic E-state index is 13.5. The van der Waals surface area contributed by atoms with Crippen LogP contribution in [0.15, 0.2) is 47.5 Å². The number of rotatable bonds is 9. The number of hydrogen-bond acceptors (Lipinski definition) is 6. The molecule has 3 rings (SSSR count). The first kappa shape index (κ1) is 25.4. The summed E-state index contributed by atoms with van der Waals surface area (Å²) in [5.74, 6) is 0.245. The summed E-state index contributed by atoms with van der Waals surface area (Å²) in [7, 11) is -3.97. The predicted molar refractivity (Wildman–Crippen MR) is 128 cm³/mol. The summed E-state index contributed by atoms with van der Waals surface area (Å²) in [6, 6.07) is 9.64. The highest BCUT2D eigenvalue weighted by Gasteiger charge is 2.34. The maximum Gasteiger partial charge on any atom is 0.331 e. The van der Waals surface area contributed by atoms with Crippen molar-refractivity contribution >= 4 is 15.8 Å². The van der Waals surface area contributed by atoms with Gasteiger partial charge in [-0.1, -0.05) is 39.8 Å². The third-order valence-corrected chi connectivity index (χ3v) is 7.54. The standard InChI is InChI=1S/C24H35N3O5S/c1-18(2)15-27(24-10-7-21(19(3)4)16-26(24)29)33(30,31)22-8-5-20(6-9-22)23(28)17-25-11-13-32-14-12-25/h5-10,16,18-19,23,28H,11-15,17H2,1-4H3. The third-order valence-electron chi connectivity index (χ3n) is 5.76. The molecule has 1 aromatic heterocycles. The van der Waals surface area contributed by atoms with E-state index < -0.39 is 16.1 Å². The molecule has 9 heteroatoms. The number of ether oxygens (including phenoxy) is 1. The van der Waals surface area contributed by atoms with E-state index in [1.54, 1.807) is 24.3 Å². The van der Waals surface area contributed by atoms with Gasteiger partial charge in [-0.2, -0.15) is 8.42 Å². The molecule has 1 fully saturated rings. The van der Waals surface area contributed by atoms with Gasteiger partial charge >= 0.3 is 10.0 Å². The van der Waals surface area contributed by atoms with Crippen LogP contribution in [-0.4, -0.2) is 57.8 Å². The van der Waals surface area contributed by atoms with Crippen molar-refractivity contribution in [3.8, 4) is 0 Å². The lowest BCUT2D eigenvalue weighted by molar-refractivity contribution is -0.592. The average molecular weight is 478 g/mol. The lowest BCUT2D eigenvalue weighted by atomic mass is 10.1. The first-order chi connectivity index (χ1) is 15.6. The van der Waals surface area contributed by atoms with Gasteiger partial charge in [0.05, 0.1) is 25.5 Å². The number of morpholine rings is 1. The number of hydrogen-bond donors (Lipinski definition) is 1. The lowest BCUT2D eigenvalue weighted by Crippen LogP contribution is -2.43. The second-order valence-electron chi connectivity index (χ2n) is 9.23. The minimum Gasteiger partial charge on any atom is -0.711 e. The van der Waals surface area contributed by atoms with Gasteiger partial charge in [-0.05, 0) is 41.2 Å². The van der Waals surface area contributed by atoms with Crippen molar-refractivity contribution < 1.29 is 23.0 Å². The molecule has 1 atom stereocenters. The summed E-state index contributed by atoms with van der Waals surface area (Å²) in [5.41, 5.74) is 1.49. The van der Waals surface area contributed by atoms with E-state index in [1.165, 1.54) is 22.6 Å². The molecular formula is C24H35N3O5S. The fraction of sp³-hybridized carbons (Fsp3) is 0.542. The normalized spacial score (nSPS) is 16.3. The fourth-order valence-corrected chi connectivity index (χ4v) is 5.41. The Kier molecular flexibility index (Phi) is 8.33. The Morgan fingerprint density at radius 1 is 1.06 bits per heavy atom. The molecule has 1 aromatic carbocycles. The highest BCUT2D eigenvalue weighted by Crippen LogP contribution is 2.25. The van der Waals surface area contributed by atoms with Gasteiger partial charge in [0.2, 0.25) is 0 Å². The number of benzene rings is 1. The van der Waals surface area contributed by atoms with Crippen molar-refractivity contribution in [2.24, 2.45) is 5.92 Å². The molecule has 0 bridgehead atoms. The van der Waals surface area contributed by atoms with Crippen LogP contribution in [0.4, 0.5) is 5.82 Å². The molecule has 1 saturated heterocycles. The molecule has 1 aliphatic rings. The van der Waals surface area contributed by atoms with E-state index in [0.29, 0.717) is 30.1 Å². The zero-order valence-electron chi connectivity index (χ0n) is 19.8. The van der Waals surface area contributed by atoms with E-state index in [4.69, 9.17) is 4.74 Å². The molecule has 1 unspecified atom stereocenters. The zero-order valence-corrected chi connectivity index (χ0v) is 20.7. The molecule has 182 valence electrons. The van der Waals surface area contributed by atoms with Crippen molar-refractivity contribution in [3.63, 3.8) is 0 Å². The number of anilines is 1. The van der Waals surface area contributed by atoms with Crippen LogP contribution in [-0.2, 0) is 14.8 Å². The maximum atomic E-state index is 13.5. The van der Waals surface area contributed by atoms with Crippen LogP contribution < -0.4 is 9.04 Å².